The number of benzene rings is 3. The monoisotopic (exact) mass is 590 g/mol. The van der Waals surface area contributed by atoms with Crippen LogP contribution in [0.5, 0.6) is 17.2 Å². The number of allylic oxidation sites excluding steroid dienone is 5. The number of phenolic OH excluding ortho intramolecular Hbond substituents is 3. The average molecular weight is 591 g/mol. The van der Waals surface area contributed by atoms with Crippen molar-refractivity contribution in [2.75, 3.05) is 13.6 Å². The van der Waals surface area contributed by atoms with Gasteiger partial charge in [-0.15, -0.1) is 0 Å². The zero-order chi connectivity index (χ0) is 32.0. The number of fused-ring (bicyclic) bond motifs is 3. The van der Waals surface area contributed by atoms with Crippen molar-refractivity contribution in [2.45, 2.75) is 72.3 Å². The molecular formula is C39H46N2O3. The first-order valence-electron chi connectivity index (χ1n) is 15.6. The van der Waals surface area contributed by atoms with Gasteiger partial charge in [0.25, 0.3) is 0 Å². The summed E-state index contributed by atoms with van der Waals surface area (Å²) >= 11 is 0. The molecule has 5 heteroatoms. The van der Waals surface area contributed by atoms with Crippen molar-refractivity contribution in [3.05, 3.63) is 123 Å². The molecule has 2 heterocycles. The van der Waals surface area contributed by atoms with E-state index in [1.165, 1.54) is 33.5 Å². The molecule has 0 aliphatic carbocycles. The molecule has 230 valence electrons. The fourth-order valence-electron chi connectivity index (χ4n) is 7.48. The number of hydrogen-bond acceptors (Lipinski definition) is 5. The van der Waals surface area contributed by atoms with Crippen LogP contribution in [0.25, 0.3) is 11.3 Å². The Hall–Kier alpha value is -4.38. The molecule has 0 fully saturated rings. The van der Waals surface area contributed by atoms with Gasteiger partial charge >= 0.3 is 0 Å². The van der Waals surface area contributed by atoms with E-state index in [1.54, 1.807) is 27.1 Å². The standard InChI is InChI=1S/C39H46N2O3/c1-9-38(6)39(7,32-19-13-11-17-29(32)34-25(3)15-14-22-41(34)38)31-18-12-10-16-28(31)21-20-24(2)30(23-40-8)33-35(42)26(4)27(5)36(43)37(33)44/h10-20,23,40,42-44H,9,21-22H2,1-8H3/b24-20-,30-23+. The van der Waals surface area contributed by atoms with Crippen LogP contribution < -0.4 is 5.32 Å². The predicted molar refractivity (Wildman–Crippen MR) is 182 cm³/mol. The summed E-state index contributed by atoms with van der Waals surface area (Å²) in [5.74, 6) is -0.568. The quantitative estimate of drug-likeness (QED) is 0.127. The maximum Gasteiger partial charge on any atom is 0.169 e. The largest absolute Gasteiger partial charge is 0.507 e. The summed E-state index contributed by atoms with van der Waals surface area (Å²) in [7, 11) is 1.78. The highest BCUT2D eigenvalue weighted by Gasteiger charge is 2.55. The highest BCUT2D eigenvalue weighted by molar-refractivity contribution is 5.87. The van der Waals surface area contributed by atoms with Crippen molar-refractivity contribution in [3.8, 4) is 17.2 Å². The van der Waals surface area contributed by atoms with Gasteiger partial charge in [-0.25, -0.2) is 0 Å². The second kappa shape index (κ2) is 11.6. The molecule has 2 aliphatic heterocycles. The summed E-state index contributed by atoms with van der Waals surface area (Å²) in [6.45, 7) is 15.6. The molecule has 0 bridgehead atoms. The van der Waals surface area contributed by atoms with Crippen LogP contribution in [0, 0.1) is 13.8 Å². The molecule has 0 aromatic heterocycles. The van der Waals surface area contributed by atoms with Crippen molar-refractivity contribution in [1.82, 2.24) is 10.2 Å². The molecule has 0 radical (unpaired) electrons. The number of phenols is 3. The van der Waals surface area contributed by atoms with Gasteiger partial charge in [-0.2, -0.15) is 0 Å². The van der Waals surface area contributed by atoms with E-state index >= 15 is 0 Å². The summed E-state index contributed by atoms with van der Waals surface area (Å²) in [6, 6.07) is 17.6. The molecule has 2 unspecified atom stereocenters. The number of nitrogens with one attached hydrogen (secondary N) is 1. The molecule has 5 nitrogen and oxygen atoms in total. The van der Waals surface area contributed by atoms with E-state index in [0.29, 0.717) is 23.1 Å². The molecule has 2 atom stereocenters. The molecule has 5 rings (SSSR count). The number of rotatable bonds is 7. The Balaban J connectivity index is 1.66. The highest BCUT2D eigenvalue weighted by Crippen LogP contribution is 2.56. The van der Waals surface area contributed by atoms with Gasteiger partial charge in [-0.3, -0.25) is 0 Å². The third kappa shape index (κ3) is 4.52. The maximum atomic E-state index is 11.1. The molecule has 0 saturated carbocycles. The average Bonchev–Trinajstić information content (AvgIpc) is 3.03. The van der Waals surface area contributed by atoms with Gasteiger partial charge in [0.2, 0.25) is 0 Å². The molecular weight excluding hydrogens is 544 g/mol. The van der Waals surface area contributed by atoms with Gasteiger partial charge in [0.1, 0.15) is 5.75 Å². The summed E-state index contributed by atoms with van der Waals surface area (Å²) in [4.78, 5) is 2.62. The van der Waals surface area contributed by atoms with E-state index in [2.05, 4.69) is 105 Å². The minimum atomic E-state index is -0.319. The number of aromatic hydroxyl groups is 3. The molecule has 0 amide bonds. The lowest BCUT2D eigenvalue weighted by Crippen LogP contribution is -2.62. The van der Waals surface area contributed by atoms with E-state index in [0.717, 1.165) is 18.5 Å². The van der Waals surface area contributed by atoms with Crippen molar-refractivity contribution < 1.29 is 15.3 Å². The van der Waals surface area contributed by atoms with Crippen LogP contribution in [0.15, 0.2) is 84.1 Å². The Morgan fingerprint density at radius 3 is 2.23 bits per heavy atom. The first-order valence-corrected chi connectivity index (χ1v) is 15.6. The normalized spacial score (nSPS) is 21.8. The zero-order valence-electron chi connectivity index (χ0n) is 27.3. The summed E-state index contributed by atoms with van der Waals surface area (Å²) in [6.07, 6.45) is 10.1. The Labute approximate surface area is 262 Å². The minimum Gasteiger partial charge on any atom is -0.507 e. The van der Waals surface area contributed by atoms with Crippen LogP contribution in [-0.2, 0) is 11.8 Å². The molecule has 4 N–H and O–H groups in total. The van der Waals surface area contributed by atoms with E-state index in [1.807, 2.05) is 6.92 Å². The van der Waals surface area contributed by atoms with Crippen LogP contribution in [0.1, 0.15) is 80.0 Å². The molecule has 0 saturated heterocycles. The Morgan fingerprint density at radius 1 is 0.909 bits per heavy atom. The van der Waals surface area contributed by atoms with Gasteiger partial charge in [-0.1, -0.05) is 73.7 Å². The fourth-order valence-corrected chi connectivity index (χ4v) is 7.48. The zero-order valence-corrected chi connectivity index (χ0v) is 27.3. The van der Waals surface area contributed by atoms with Crippen LogP contribution in [0.4, 0.5) is 0 Å². The maximum absolute atomic E-state index is 11.1. The van der Waals surface area contributed by atoms with Crippen LogP contribution >= 0.6 is 0 Å². The Kier molecular flexibility index (Phi) is 8.19. The van der Waals surface area contributed by atoms with Gasteiger partial charge in [0.15, 0.2) is 11.5 Å². The van der Waals surface area contributed by atoms with Crippen LogP contribution in [-0.4, -0.2) is 39.4 Å². The Bertz CT molecular complexity index is 1710. The van der Waals surface area contributed by atoms with E-state index < -0.39 is 0 Å². The van der Waals surface area contributed by atoms with Crippen LogP contribution in [0.2, 0.25) is 0 Å². The van der Waals surface area contributed by atoms with Crippen molar-refractivity contribution >= 4 is 11.3 Å². The van der Waals surface area contributed by atoms with Crippen molar-refractivity contribution in [2.24, 2.45) is 0 Å². The highest BCUT2D eigenvalue weighted by atomic mass is 16.3. The first-order chi connectivity index (χ1) is 20.9. The summed E-state index contributed by atoms with van der Waals surface area (Å²) in [5, 5.41) is 35.7. The van der Waals surface area contributed by atoms with Crippen LogP contribution in [0.3, 0.4) is 0 Å². The molecule has 3 aromatic rings. The SMILES string of the molecule is CCC1(C)N2CC=CC(C)=C2c2ccccc2C1(C)c1ccccc1C/C=C(C)\C(=C/NC)c1c(O)c(C)c(C)c(O)c1O. The third-order valence-corrected chi connectivity index (χ3v) is 10.5. The minimum absolute atomic E-state index is 0.0350. The lowest BCUT2D eigenvalue weighted by Gasteiger charge is -2.60. The second-order valence-electron chi connectivity index (χ2n) is 12.6. The van der Waals surface area contributed by atoms with E-state index in [4.69, 9.17) is 0 Å². The first kappa shape index (κ1) is 31.1. The Morgan fingerprint density at radius 2 is 1.55 bits per heavy atom. The van der Waals surface area contributed by atoms with E-state index in [-0.39, 0.29) is 33.8 Å². The predicted octanol–water partition coefficient (Wildman–Crippen LogP) is 8.26. The second-order valence-corrected chi connectivity index (χ2v) is 12.6. The lowest BCUT2D eigenvalue weighted by molar-refractivity contribution is 0.0987. The number of nitrogens with zero attached hydrogens (tertiary/aromatic N) is 1. The molecule has 0 spiro atoms. The van der Waals surface area contributed by atoms with Crippen molar-refractivity contribution in [3.63, 3.8) is 0 Å². The fraction of sp³-hybridized carbons (Fsp3) is 0.333. The van der Waals surface area contributed by atoms with Gasteiger partial charge in [-0.05, 0) is 87.8 Å². The lowest BCUT2D eigenvalue weighted by atomic mass is 9.56. The molecule has 44 heavy (non-hydrogen) atoms. The summed E-state index contributed by atoms with van der Waals surface area (Å²) in [5.41, 5.74) is 9.99. The summed E-state index contributed by atoms with van der Waals surface area (Å²) < 4.78 is 0. The number of hydrogen-bond donors (Lipinski definition) is 4. The van der Waals surface area contributed by atoms with Gasteiger partial charge < -0.3 is 25.5 Å². The topological polar surface area (TPSA) is 76.0 Å². The van der Waals surface area contributed by atoms with Gasteiger partial charge in [0, 0.05) is 47.6 Å². The third-order valence-electron chi connectivity index (χ3n) is 10.5. The van der Waals surface area contributed by atoms with Crippen molar-refractivity contribution in [1.29, 1.82) is 0 Å². The smallest absolute Gasteiger partial charge is 0.169 e. The molecule has 3 aromatic carbocycles. The molecule has 2 aliphatic rings. The van der Waals surface area contributed by atoms with Gasteiger partial charge in [0.05, 0.1) is 11.1 Å². The van der Waals surface area contributed by atoms with E-state index in [9.17, 15) is 15.3 Å².